The summed E-state index contributed by atoms with van der Waals surface area (Å²) in [6.45, 7) is 0. The quantitative estimate of drug-likeness (QED) is 0.455. The van der Waals surface area contributed by atoms with Crippen LogP contribution in [0.5, 0.6) is 0 Å². The Labute approximate surface area is 154 Å². The van der Waals surface area contributed by atoms with Crippen molar-refractivity contribution in [1.29, 1.82) is 0 Å². The summed E-state index contributed by atoms with van der Waals surface area (Å²) in [5, 5.41) is 26.3. The first-order chi connectivity index (χ1) is 11.5. The highest BCUT2D eigenvalue weighted by Crippen LogP contribution is 2.29. The molecule has 3 N–H and O–H groups in total. The molecule has 0 spiro atoms. The second-order valence-electron chi connectivity index (χ2n) is 4.55. The standard InChI is InChI=1S/C16H13Cl3N3O2/c17-13(15(18)19)14(22(23)24)16(20-11-7-3-1-4-8-11)21-12-9-5-2-6-10-12/h1-10,20-21,23H/q-1. The molecule has 0 radical (unpaired) electrons. The van der Waals surface area contributed by atoms with Gasteiger partial charge in [-0.05, 0) is 24.3 Å². The lowest BCUT2D eigenvalue weighted by Crippen LogP contribution is -2.21. The van der Waals surface area contributed by atoms with E-state index in [0.717, 1.165) is 0 Å². The van der Waals surface area contributed by atoms with E-state index in [1.54, 1.807) is 24.3 Å². The molecule has 0 aliphatic carbocycles. The van der Waals surface area contributed by atoms with Crippen molar-refractivity contribution in [2.75, 3.05) is 10.6 Å². The largest absolute Gasteiger partial charge is 0.733 e. The van der Waals surface area contributed by atoms with E-state index in [-0.39, 0.29) is 21.0 Å². The summed E-state index contributed by atoms with van der Waals surface area (Å²) in [5.74, 6) is 0.105. The molecule has 2 rings (SSSR count). The number of hydrogen-bond donors (Lipinski definition) is 3. The Morgan fingerprint density at radius 2 is 1.25 bits per heavy atom. The van der Waals surface area contributed by atoms with Crippen molar-refractivity contribution in [3.05, 3.63) is 86.9 Å². The number of halogens is 3. The lowest BCUT2D eigenvalue weighted by Gasteiger charge is -2.28. The van der Waals surface area contributed by atoms with Crippen LogP contribution in [-0.2, 0) is 0 Å². The minimum atomic E-state index is -0.408. The molecule has 0 heterocycles. The molecule has 2 aromatic rings. The highest BCUT2D eigenvalue weighted by atomic mass is 35.5. The van der Waals surface area contributed by atoms with Crippen molar-refractivity contribution >= 4 is 46.2 Å². The second-order valence-corrected chi connectivity index (χ2v) is 5.88. The molecule has 0 unspecified atom stereocenters. The highest BCUT2D eigenvalue weighted by Gasteiger charge is 2.16. The molecule has 5 nitrogen and oxygen atoms in total. The van der Waals surface area contributed by atoms with Gasteiger partial charge in [-0.15, -0.1) is 0 Å². The van der Waals surface area contributed by atoms with Crippen LogP contribution in [0.15, 0.2) is 81.7 Å². The lowest BCUT2D eigenvalue weighted by molar-refractivity contribution is -0.000534. The number of anilines is 2. The summed E-state index contributed by atoms with van der Waals surface area (Å²) in [6, 6.07) is 18.0. The molecule has 0 aliphatic heterocycles. The zero-order chi connectivity index (χ0) is 17.5. The van der Waals surface area contributed by atoms with Gasteiger partial charge in [0.25, 0.3) is 0 Å². The Bertz CT molecular complexity index is 687. The first-order valence-electron chi connectivity index (χ1n) is 6.74. The molecule has 24 heavy (non-hydrogen) atoms. The summed E-state index contributed by atoms with van der Waals surface area (Å²) in [7, 11) is 0. The van der Waals surface area contributed by atoms with Crippen LogP contribution in [0.25, 0.3) is 0 Å². The van der Waals surface area contributed by atoms with Crippen LogP contribution in [0.3, 0.4) is 0 Å². The Hall–Kier alpha value is -1.89. The van der Waals surface area contributed by atoms with Crippen molar-refractivity contribution in [1.82, 2.24) is 5.23 Å². The van der Waals surface area contributed by atoms with E-state index in [0.29, 0.717) is 11.4 Å². The van der Waals surface area contributed by atoms with Gasteiger partial charge in [-0.25, -0.2) is 0 Å². The summed E-state index contributed by atoms with van der Waals surface area (Å²) in [4.78, 5) is 0. The Morgan fingerprint density at radius 3 is 1.58 bits per heavy atom. The monoisotopic (exact) mass is 384 g/mol. The first kappa shape index (κ1) is 18.4. The maximum atomic E-state index is 11.6. The van der Waals surface area contributed by atoms with Crippen molar-refractivity contribution in [3.8, 4) is 0 Å². The van der Waals surface area contributed by atoms with Crippen LogP contribution in [0, 0.1) is 5.21 Å². The topological polar surface area (TPSA) is 70.6 Å². The summed E-state index contributed by atoms with van der Waals surface area (Å²) in [6.07, 6.45) is 0. The smallest absolute Gasteiger partial charge is 0.135 e. The number of hydrogen-bond acceptors (Lipinski definition) is 5. The normalized spacial score (nSPS) is 9.88. The fourth-order valence-electron chi connectivity index (χ4n) is 1.86. The Balaban J connectivity index is 2.50. The van der Waals surface area contributed by atoms with Crippen molar-refractivity contribution in [2.24, 2.45) is 0 Å². The number of hydroxylamine groups is 2. The third-order valence-electron chi connectivity index (χ3n) is 2.89. The number of para-hydroxylation sites is 2. The van der Waals surface area contributed by atoms with Gasteiger partial charge in [-0.1, -0.05) is 71.2 Å². The van der Waals surface area contributed by atoms with E-state index in [1.165, 1.54) is 0 Å². The predicted octanol–water partition coefficient (Wildman–Crippen LogP) is 5.45. The van der Waals surface area contributed by atoms with Gasteiger partial charge in [0.05, 0.1) is 5.03 Å². The van der Waals surface area contributed by atoms with Crippen LogP contribution in [0.4, 0.5) is 11.4 Å². The highest BCUT2D eigenvalue weighted by molar-refractivity contribution is 6.59. The molecular weight excluding hydrogens is 373 g/mol. The fraction of sp³-hybridized carbons (Fsp3) is 0. The average molecular weight is 386 g/mol. The Morgan fingerprint density at radius 1 is 0.833 bits per heavy atom. The molecule has 0 atom stereocenters. The predicted molar refractivity (Wildman–Crippen MR) is 98.7 cm³/mol. The van der Waals surface area contributed by atoms with E-state index < -0.39 is 5.23 Å². The van der Waals surface area contributed by atoms with E-state index >= 15 is 0 Å². The molecule has 2 aromatic carbocycles. The average Bonchev–Trinajstić information content (AvgIpc) is 2.56. The van der Waals surface area contributed by atoms with Crippen molar-refractivity contribution < 1.29 is 5.21 Å². The SMILES string of the molecule is [O-]N(O)C(=C(Nc1ccccc1)Nc1ccccc1)C(Cl)=C(Cl)Cl. The third-order valence-corrected chi connectivity index (χ3v) is 3.83. The molecule has 0 amide bonds. The molecule has 0 aromatic heterocycles. The van der Waals surface area contributed by atoms with Gasteiger partial charge in [0.2, 0.25) is 0 Å². The van der Waals surface area contributed by atoms with E-state index in [2.05, 4.69) is 10.6 Å². The van der Waals surface area contributed by atoms with E-state index in [9.17, 15) is 10.4 Å². The fourth-order valence-corrected chi connectivity index (χ4v) is 2.21. The number of allylic oxidation sites excluding steroid dienone is 1. The molecule has 0 saturated heterocycles. The minimum absolute atomic E-state index is 0.105. The molecular formula is C16H13Cl3N3O2-. The third kappa shape index (κ3) is 5.06. The lowest BCUT2D eigenvalue weighted by atomic mass is 10.3. The van der Waals surface area contributed by atoms with Crippen LogP contribution < -0.4 is 10.6 Å². The van der Waals surface area contributed by atoms with Crippen LogP contribution in [-0.4, -0.2) is 10.4 Å². The number of benzene rings is 2. The van der Waals surface area contributed by atoms with Gasteiger partial charge in [-0.2, -0.15) is 0 Å². The molecule has 0 aliphatic rings. The molecule has 0 saturated carbocycles. The van der Waals surface area contributed by atoms with Gasteiger partial charge >= 0.3 is 0 Å². The van der Waals surface area contributed by atoms with Gasteiger partial charge in [0.1, 0.15) is 16.0 Å². The minimum Gasteiger partial charge on any atom is -0.733 e. The number of nitrogens with zero attached hydrogens (tertiary/aromatic N) is 1. The van der Waals surface area contributed by atoms with E-state index in [1.807, 2.05) is 36.4 Å². The molecule has 0 fully saturated rings. The first-order valence-corrected chi connectivity index (χ1v) is 7.88. The Kier molecular flexibility index (Phi) is 6.78. The van der Waals surface area contributed by atoms with Crippen LogP contribution in [0.1, 0.15) is 0 Å². The van der Waals surface area contributed by atoms with Gasteiger partial charge < -0.3 is 21.1 Å². The number of rotatable bonds is 6. The van der Waals surface area contributed by atoms with Gasteiger partial charge in [-0.3, -0.25) is 5.21 Å². The second kappa shape index (κ2) is 8.82. The van der Waals surface area contributed by atoms with Crippen LogP contribution >= 0.6 is 34.8 Å². The van der Waals surface area contributed by atoms with E-state index in [4.69, 9.17) is 34.8 Å². The summed E-state index contributed by atoms with van der Waals surface area (Å²) < 4.78 is -0.358. The maximum absolute atomic E-state index is 11.6. The zero-order valence-corrected chi connectivity index (χ0v) is 14.5. The molecule has 8 heteroatoms. The zero-order valence-electron chi connectivity index (χ0n) is 12.2. The molecule has 0 bridgehead atoms. The number of nitrogens with one attached hydrogen (secondary N) is 2. The maximum Gasteiger partial charge on any atom is 0.135 e. The van der Waals surface area contributed by atoms with Crippen molar-refractivity contribution in [2.45, 2.75) is 0 Å². The van der Waals surface area contributed by atoms with Gasteiger partial charge in [0.15, 0.2) is 0 Å². The summed E-state index contributed by atoms with van der Waals surface area (Å²) in [5.41, 5.74) is 0.959. The van der Waals surface area contributed by atoms with Crippen LogP contribution in [0.2, 0.25) is 0 Å². The van der Waals surface area contributed by atoms with Crippen molar-refractivity contribution in [3.63, 3.8) is 0 Å². The van der Waals surface area contributed by atoms with Gasteiger partial charge in [0, 0.05) is 11.4 Å². The molecule has 126 valence electrons. The summed E-state index contributed by atoms with van der Waals surface area (Å²) >= 11 is 17.3.